The molecule has 0 aliphatic rings. The molecule has 2 aromatic carbocycles. The highest BCUT2D eigenvalue weighted by molar-refractivity contribution is 5.97. The molecule has 5 nitrogen and oxygen atoms in total. The van der Waals surface area contributed by atoms with Gasteiger partial charge in [-0.1, -0.05) is 30.3 Å². The van der Waals surface area contributed by atoms with Crippen molar-refractivity contribution in [2.24, 2.45) is 0 Å². The molecule has 0 bridgehead atoms. The predicted molar refractivity (Wildman–Crippen MR) is 98.2 cm³/mol. The van der Waals surface area contributed by atoms with Gasteiger partial charge in [0.2, 0.25) is 0 Å². The fourth-order valence-electron chi connectivity index (χ4n) is 2.54. The Labute approximate surface area is 145 Å². The van der Waals surface area contributed by atoms with Crippen LogP contribution >= 0.6 is 0 Å². The van der Waals surface area contributed by atoms with E-state index >= 15 is 0 Å². The third-order valence-electron chi connectivity index (χ3n) is 3.75. The first kappa shape index (κ1) is 16.7. The number of anilines is 2. The van der Waals surface area contributed by atoms with Gasteiger partial charge in [-0.3, -0.25) is 5.32 Å². The topological polar surface area (TPSA) is 66.1 Å². The van der Waals surface area contributed by atoms with Crippen molar-refractivity contribution >= 4 is 28.3 Å². The number of fused-ring (bicyclic) bond motifs is 1. The van der Waals surface area contributed by atoms with Crippen molar-refractivity contribution in [2.45, 2.75) is 13.5 Å². The van der Waals surface area contributed by atoms with E-state index in [0.717, 1.165) is 11.3 Å². The van der Waals surface area contributed by atoms with Crippen LogP contribution in [0.5, 0.6) is 0 Å². The van der Waals surface area contributed by atoms with Crippen molar-refractivity contribution in [1.29, 1.82) is 0 Å². The molecular weight excluding hydrogens is 319 g/mol. The summed E-state index contributed by atoms with van der Waals surface area (Å²) in [6.07, 6.45) is 1.56. The number of hydrogen-bond donors (Lipinski definition) is 3. The molecule has 0 atom stereocenters. The lowest BCUT2D eigenvalue weighted by molar-refractivity contribution is 0.252. The molecule has 1 aromatic heterocycles. The minimum Gasteiger partial charge on any atom is -0.380 e. The number of hydrogen-bond acceptors (Lipinski definition) is 3. The lowest BCUT2D eigenvalue weighted by atomic mass is 10.1. The number of pyridine rings is 1. The van der Waals surface area contributed by atoms with Gasteiger partial charge in [-0.2, -0.15) is 0 Å². The first-order chi connectivity index (χ1) is 12.2. The van der Waals surface area contributed by atoms with Gasteiger partial charge in [-0.15, -0.1) is 0 Å². The van der Waals surface area contributed by atoms with Gasteiger partial charge in [-0.05, 0) is 30.7 Å². The Morgan fingerprint density at radius 3 is 2.68 bits per heavy atom. The van der Waals surface area contributed by atoms with Crippen molar-refractivity contribution < 1.29 is 9.18 Å². The molecule has 128 valence electrons. The summed E-state index contributed by atoms with van der Waals surface area (Å²) in [5.74, 6) is -0.0563. The first-order valence-electron chi connectivity index (χ1n) is 8.08. The molecule has 0 aliphatic carbocycles. The van der Waals surface area contributed by atoms with Gasteiger partial charge in [0.15, 0.2) is 0 Å². The summed E-state index contributed by atoms with van der Waals surface area (Å²) in [6.45, 7) is 2.94. The van der Waals surface area contributed by atoms with Crippen molar-refractivity contribution in [2.75, 3.05) is 17.2 Å². The molecule has 6 heteroatoms. The highest BCUT2D eigenvalue weighted by Gasteiger charge is 2.09. The number of nitrogens with zero attached hydrogens (tertiary/aromatic N) is 1. The maximum Gasteiger partial charge on any atom is 0.320 e. The third kappa shape index (κ3) is 4.03. The van der Waals surface area contributed by atoms with E-state index < -0.39 is 0 Å². The monoisotopic (exact) mass is 338 g/mol. The SMILES string of the molecule is CCNC(=O)Nc1cc2c(F)ccc(NCc3ccccc3)c2cn1. The second-order valence-corrected chi connectivity index (χ2v) is 5.53. The quantitative estimate of drug-likeness (QED) is 0.655. The molecule has 0 spiro atoms. The molecule has 0 saturated carbocycles. The average Bonchev–Trinajstić information content (AvgIpc) is 2.62. The molecule has 3 aromatic rings. The van der Waals surface area contributed by atoms with Crippen LogP contribution in [-0.4, -0.2) is 17.6 Å². The molecule has 0 radical (unpaired) electrons. The Kier molecular flexibility index (Phi) is 5.09. The zero-order valence-corrected chi connectivity index (χ0v) is 13.8. The van der Waals surface area contributed by atoms with Gasteiger partial charge in [0, 0.05) is 35.7 Å². The third-order valence-corrected chi connectivity index (χ3v) is 3.75. The van der Waals surface area contributed by atoms with Gasteiger partial charge in [-0.25, -0.2) is 14.2 Å². The number of aromatic nitrogens is 1. The van der Waals surface area contributed by atoms with Crippen LogP contribution in [-0.2, 0) is 6.54 Å². The van der Waals surface area contributed by atoms with Gasteiger partial charge in [0.25, 0.3) is 0 Å². The summed E-state index contributed by atoms with van der Waals surface area (Å²) in [4.78, 5) is 15.8. The standard InChI is InChI=1S/C19H19FN4O/c1-2-21-19(25)24-18-10-14-15(12-23-18)17(9-8-16(14)20)22-11-13-6-4-3-5-7-13/h3-10,12,22H,2,11H2,1H3,(H2,21,23,24,25). The molecule has 3 rings (SSSR count). The Morgan fingerprint density at radius 2 is 1.92 bits per heavy atom. The van der Waals surface area contributed by atoms with E-state index in [1.54, 1.807) is 12.3 Å². The minimum absolute atomic E-state index is 0.303. The van der Waals surface area contributed by atoms with Crippen molar-refractivity contribution in [3.8, 4) is 0 Å². The maximum atomic E-state index is 14.2. The number of benzene rings is 2. The summed E-state index contributed by atoms with van der Waals surface area (Å²) in [5, 5.41) is 9.57. The van der Waals surface area contributed by atoms with E-state index in [-0.39, 0.29) is 11.8 Å². The second-order valence-electron chi connectivity index (χ2n) is 5.53. The highest BCUT2D eigenvalue weighted by Crippen LogP contribution is 2.27. The lowest BCUT2D eigenvalue weighted by Gasteiger charge is -2.12. The molecule has 2 amide bonds. The predicted octanol–water partition coefficient (Wildman–Crippen LogP) is 4.13. The molecule has 1 heterocycles. The van der Waals surface area contributed by atoms with Crippen LogP contribution < -0.4 is 16.0 Å². The van der Waals surface area contributed by atoms with E-state index in [9.17, 15) is 9.18 Å². The highest BCUT2D eigenvalue weighted by atomic mass is 19.1. The largest absolute Gasteiger partial charge is 0.380 e. The van der Waals surface area contributed by atoms with Crippen molar-refractivity contribution in [1.82, 2.24) is 10.3 Å². The number of amides is 2. The Bertz CT molecular complexity index is 883. The average molecular weight is 338 g/mol. The molecule has 0 fully saturated rings. The van der Waals surface area contributed by atoms with Crippen LogP contribution in [0.25, 0.3) is 10.8 Å². The zero-order valence-electron chi connectivity index (χ0n) is 13.8. The van der Waals surface area contributed by atoms with Crippen molar-refractivity contribution in [3.05, 3.63) is 66.1 Å². The Morgan fingerprint density at radius 1 is 1.12 bits per heavy atom. The molecule has 3 N–H and O–H groups in total. The van der Waals surface area contributed by atoms with E-state index in [2.05, 4.69) is 20.9 Å². The van der Waals surface area contributed by atoms with Gasteiger partial charge >= 0.3 is 6.03 Å². The van der Waals surface area contributed by atoms with E-state index in [1.807, 2.05) is 37.3 Å². The number of carbonyl (C=O) groups is 1. The number of carbonyl (C=O) groups excluding carboxylic acids is 1. The summed E-state index contributed by atoms with van der Waals surface area (Å²) < 4.78 is 14.2. The Hall–Kier alpha value is -3.15. The van der Waals surface area contributed by atoms with Crippen LogP contribution in [0, 0.1) is 5.82 Å². The maximum absolute atomic E-state index is 14.2. The van der Waals surface area contributed by atoms with Gasteiger partial charge in [0.1, 0.15) is 11.6 Å². The number of halogens is 1. The zero-order chi connectivity index (χ0) is 17.6. The summed E-state index contributed by atoms with van der Waals surface area (Å²) in [5.41, 5.74) is 1.92. The van der Waals surface area contributed by atoms with Gasteiger partial charge < -0.3 is 10.6 Å². The molecular formula is C19H19FN4O. The van der Waals surface area contributed by atoms with Crippen LogP contribution in [0.1, 0.15) is 12.5 Å². The molecule has 25 heavy (non-hydrogen) atoms. The number of rotatable bonds is 5. The van der Waals surface area contributed by atoms with Crippen LogP contribution in [0.2, 0.25) is 0 Å². The normalized spacial score (nSPS) is 10.5. The summed E-state index contributed by atoms with van der Waals surface area (Å²) in [6, 6.07) is 14.2. The van der Waals surface area contributed by atoms with E-state index in [4.69, 9.17) is 0 Å². The second kappa shape index (κ2) is 7.61. The molecule has 0 aliphatic heterocycles. The number of nitrogens with one attached hydrogen (secondary N) is 3. The smallest absolute Gasteiger partial charge is 0.320 e. The molecule has 0 unspecified atom stereocenters. The van der Waals surface area contributed by atoms with E-state index in [1.165, 1.54) is 12.1 Å². The lowest BCUT2D eigenvalue weighted by Crippen LogP contribution is -2.28. The minimum atomic E-state index is -0.367. The summed E-state index contributed by atoms with van der Waals surface area (Å²) >= 11 is 0. The van der Waals surface area contributed by atoms with Gasteiger partial charge in [0.05, 0.1) is 0 Å². The van der Waals surface area contributed by atoms with Crippen LogP contribution in [0.3, 0.4) is 0 Å². The summed E-state index contributed by atoms with van der Waals surface area (Å²) in [7, 11) is 0. The first-order valence-corrected chi connectivity index (χ1v) is 8.08. The van der Waals surface area contributed by atoms with Crippen LogP contribution in [0.4, 0.5) is 20.7 Å². The fourth-order valence-corrected chi connectivity index (χ4v) is 2.54. The van der Waals surface area contributed by atoms with Crippen LogP contribution in [0.15, 0.2) is 54.7 Å². The van der Waals surface area contributed by atoms with Crippen molar-refractivity contribution in [3.63, 3.8) is 0 Å². The van der Waals surface area contributed by atoms with E-state index in [0.29, 0.717) is 29.7 Å². The fraction of sp³-hybridized carbons (Fsp3) is 0.158. The molecule has 0 saturated heterocycles. The number of urea groups is 1. The Balaban J connectivity index is 1.85.